The second-order valence-electron chi connectivity index (χ2n) is 3.45. The molecule has 0 aliphatic rings. The first kappa shape index (κ1) is 11.5. The van der Waals surface area contributed by atoms with Crippen molar-refractivity contribution in [1.29, 1.82) is 0 Å². The molecule has 1 aromatic heterocycles. The normalized spacial score (nSPS) is 11.1. The minimum absolute atomic E-state index is 0.112. The van der Waals surface area contributed by atoms with E-state index in [9.17, 15) is 4.79 Å². The fraction of sp³-hybridized carbons (Fsp3) is 0.0833. The Morgan fingerprint density at radius 1 is 1.47 bits per heavy atom. The van der Waals surface area contributed by atoms with Crippen LogP contribution in [0.25, 0.3) is 11.0 Å². The summed E-state index contributed by atoms with van der Waals surface area (Å²) in [5.41, 5.74) is 6.14. The summed E-state index contributed by atoms with van der Waals surface area (Å²) in [6.07, 6.45) is 2.81. The van der Waals surface area contributed by atoms with Crippen molar-refractivity contribution in [2.75, 3.05) is 6.54 Å². The fourth-order valence-electron chi connectivity index (χ4n) is 1.42. The van der Waals surface area contributed by atoms with Gasteiger partial charge in [-0.1, -0.05) is 24.4 Å². The smallest absolute Gasteiger partial charge is 0.201 e. The maximum absolute atomic E-state index is 12.0. The molecule has 0 spiro atoms. The van der Waals surface area contributed by atoms with Gasteiger partial charge in [-0.2, -0.15) is 0 Å². The maximum Gasteiger partial charge on any atom is 0.201 e. The van der Waals surface area contributed by atoms with Crippen LogP contribution in [0, 0.1) is 0 Å². The van der Waals surface area contributed by atoms with E-state index in [-0.39, 0.29) is 17.0 Å². The third kappa shape index (κ3) is 2.57. The molecule has 0 aliphatic heterocycles. The first-order valence-corrected chi connectivity index (χ1v) is 5.38. The van der Waals surface area contributed by atoms with Gasteiger partial charge < -0.3 is 10.2 Å². The summed E-state index contributed by atoms with van der Waals surface area (Å²) in [5.74, 6) is 0. The summed E-state index contributed by atoms with van der Waals surface area (Å²) in [4.78, 5) is 16.2. The van der Waals surface area contributed by atoms with Gasteiger partial charge in [0, 0.05) is 6.21 Å². The number of rotatable bonds is 3. The van der Waals surface area contributed by atoms with Crippen LogP contribution in [0.5, 0.6) is 0 Å². The van der Waals surface area contributed by atoms with Crippen LogP contribution >= 0.6 is 12.2 Å². The monoisotopic (exact) mass is 246 g/mol. The van der Waals surface area contributed by atoms with E-state index < -0.39 is 0 Å². The van der Waals surface area contributed by atoms with Crippen molar-refractivity contribution in [1.82, 2.24) is 0 Å². The minimum Gasteiger partial charge on any atom is -0.463 e. The number of fused-ring (bicyclic) bond motifs is 1. The van der Waals surface area contributed by atoms with Crippen molar-refractivity contribution in [2.24, 2.45) is 10.7 Å². The molecule has 0 saturated carbocycles. The summed E-state index contributed by atoms with van der Waals surface area (Å²) in [5, 5.41) is 0.534. The number of hydrogen-bond donors (Lipinski definition) is 1. The van der Waals surface area contributed by atoms with Crippen molar-refractivity contribution in [3.05, 3.63) is 46.3 Å². The largest absolute Gasteiger partial charge is 0.463 e. The van der Waals surface area contributed by atoms with Crippen molar-refractivity contribution < 1.29 is 4.42 Å². The molecule has 4 nitrogen and oxygen atoms in total. The van der Waals surface area contributed by atoms with Crippen LogP contribution in [0.15, 0.2) is 44.7 Å². The molecular formula is C12H10N2O2S. The topological polar surface area (TPSA) is 68.6 Å². The van der Waals surface area contributed by atoms with Crippen LogP contribution in [0.1, 0.15) is 5.56 Å². The number of aliphatic imine (C=N–C) groups is 1. The average Bonchev–Trinajstić information content (AvgIpc) is 2.32. The quantitative estimate of drug-likeness (QED) is 0.658. The Hall–Kier alpha value is -2.01. The minimum atomic E-state index is -0.112. The highest BCUT2D eigenvalue weighted by molar-refractivity contribution is 7.80. The highest BCUT2D eigenvalue weighted by Crippen LogP contribution is 2.09. The van der Waals surface area contributed by atoms with E-state index in [2.05, 4.69) is 17.2 Å². The van der Waals surface area contributed by atoms with E-state index >= 15 is 0 Å². The second kappa shape index (κ2) is 4.88. The molecule has 0 atom stereocenters. The van der Waals surface area contributed by atoms with Crippen LogP contribution in [-0.2, 0) is 0 Å². The Morgan fingerprint density at radius 2 is 2.24 bits per heavy atom. The third-order valence-electron chi connectivity index (χ3n) is 2.18. The Bertz CT molecular complexity index is 646. The molecule has 0 aliphatic carbocycles. The van der Waals surface area contributed by atoms with E-state index in [0.29, 0.717) is 16.5 Å². The molecule has 2 aromatic rings. The average molecular weight is 246 g/mol. The molecular weight excluding hydrogens is 236 g/mol. The number of thiocarbonyl (C=S) groups is 1. The van der Waals surface area contributed by atoms with Crippen molar-refractivity contribution in [2.45, 2.75) is 0 Å². The number of benzene rings is 1. The highest BCUT2D eigenvalue weighted by Gasteiger charge is 2.03. The molecule has 1 aromatic carbocycles. The number of nitrogens with two attached hydrogens (primary N) is 1. The molecule has 0 radical (unpaired) electrons. The first-order valence-electron chi connectivity index (χ1n) is 4.97. The van der Waals surface area contributed by atoms with Gasteiger partial charge in [-0.15, -0.1) is 0 Å². The Balaban J connectivity index is 2.43. The van der Waals surface area contributed by atoms with Gasteiger partial charge in [-0.3, -0.25) is 9.79 Å². The standard InChI is InChI=1S/C12H10N2O2S/c13-11(17)6-14-5-8-7-16-10-4-2-1-3-9(10)12(8)15/h1-5,7H,6H2,(H2,13,17). The lowest BCUT2D eigenvalue weighted by molar-refractivity contribution is 0.601. The first-order chi connectivity index (χ1) is 8.18. The predicted molar refractivity (Wildman–Crippen MR) is 71.7 cm³/mol. The maximum atomic E-state index is 12.0. The van der Waals surface area contributed by atoms with Gasteiger partial charge in [-0.25, -0.2) is 0 Å². The molecule has 0 amide bonds. The van der Waals surface area contributed by atoms with Crippen molar-refractivity contribution >= 4 is 34.4 Å². The number of para-hydroxylation sites is 1. The Kier molecular flexibility index (Phi) is 3.30. The number of nitrogens with zero attached hydrogens (tertiary/aromatic N) is 1. The van der Waals surface area contributed by atoms with Gasteiger partial charge in [0.15, 0.2) is 0 Å². The van der Waals surface area contributed by atoms with Gasteiger partial charge >= 0.3 is 0 Å². The molecule has 86 valence electrons. The summed E-state index contributed by atoms with van der Waals surface area (Å²) < 4.78 is 5.33. The molecule has 1 heterocycles. The summed E-state index contributed by atoms with van der Waals surface area (Å²) in [7, 11) is 0. The zero-order chi connectivity index (χ0) is 12.3. The second-order valence-corrected chi connectivity index (χ2v) is 3.98. The fourth-order valence-corrected chi connectivity index (χ4v) is 1.49. The van der Waals surface area contributed by atoms with Gasteiger partial charge in [0.25, 0.3) is 0 Å². The van der Waals surface area contributed by atoms with E-state index in [1.807, 2.05) is 6.07 Å². The molecule has 17 heavy (non-hydrogen) atoms. The molecule has 0 bridgehead atoms. The van der Waals surface area contributed by atoms with Gasteiger partial charge in [0.1, 0.15) is 11.8 Å². The van der Waals surface area contributed by atoms with Crippen LogP contribution < -0.4 is 11.2 Å². The Morgan fingerprint density at radius 3 is 3.00 bits per heavy atom. The van der Waals surface area contributed by atoms with Crippen LogP contribution in [-0.4, -0.2) is 17.7 Å². The zero-order valence-corrected chi connectivity index (χ0v) is 9.74. The number of hydrogen-bond acceptors (Lipinski definition) is 4. The van der Waals surface area contributed by atoms with E-state index in [1.54, 1.807) is 18.2 Å². The molecule has 2 N–H and O–H groups in total. The Labute approximate surface area is 103 Å². The lowest BCUT2D eigenvalue weighted by atomic mass is 10.2. The SMILES string of the molecule is NC(=S)CN=Cc1coc2ccccc2c1=O. The molecule has 0 fully saturated rings. The van der Waals surface area contributed by atoms with E-state index in [0.717, 1.165) is 0 Å². The van der Waals surface area contributed by atoms with Crippen LogP contribution in [0.4, 0.5) is 0 Å². The zero-order valence-electron chi connectivity index (χ0n) is 8.92. The summed E-state index contributed by atoms with van der Waals surface area (Å²) in [6.45, 7) is 0.224. The molecule has 0 saturated heterocycles. The van der Waals surface area contributed by atoms with Crippen LogP contribution in [0.3, 0.4) is 0 Å². The van der Waals surface area contributed by atoms with E-state index in [1.165, 1.54) is 12.5 Å². The van der Waals surface area contributed by atoms with Gasteiger partial charge in [0.2, 0.25) is 5.43 Å². The van der Waals surface area contributed by atoms with Crippen molar-refractivity contribution in [3.63, 3.8) is 0 Å². The van der Waals surface area contributed by atoms with Gasteiger partial charge in [-0.05, 0) is 12.1 Å². The lowest BCUT2D eigenvalue weighted by Gasteiger charge is -1.97. The van der Waals surface area contributed by atoms with E-state index in [4.69, 9.17) is 10.2 Å². The third-order valence-corrected chi connectivity index (χ3v) is 2.31. The summed E-state index contributed by atoms with van der Waals surface area (Å²) in [6, 6.07) is 7.06. The molecule has 5 heteroatoms. The van der Waals surface area contributed by atoms with Gasteiger partial charge in [0.05, 0.1) is 22.5 Å². The highest BCUT2D eigenvalue weighted by atomic mass is 32.1. The molecule has 2 rings (SSSR count). The van der Waals surface area contributed by atoms with Crippen LogP contribution in [0.2, 0.25) is 0 Å². The predicted octanol–water partition coefficient (Wildman–Crippen LogP) is 1.50. The summed E-state index contributed by atoms with van der Waals surface area (Å²) >= 11 is 4.68. The van der Waals surface area contributed by atoms with Crippen molar-refractivity contribution in [3.8, 4) is 0 Å². The molecule has 0 unspecified atom stereocenters. The lowest BCUT2D eigenvalue weighted by Crippen LogP contribution is -2.13.